The van der Waals surface area contributed by atoms with Crippen molar-refractivity contribution in [1.82, 2.24) is 5.16 Å². The van der Waals surface area contributed by atoms with Crippen molar-refractivity contribution in [2.75, 3.05) is 18.9 Å². The van der Waals surface area contributed by atoms with Crippen LogP contribution >= 0.6 is 0 Å². The second-order valence-corrected chi connectivity index (χ2v) is 3.95. The zero-order valence-corrected chi connectivity index (χ0v) is 9.48. The van der Waals surface area contributed by atoms with Gasteiger partial charge < -0.3 is 19.7 Å². The van der Waals surface area contributed by atoms with Crippen LogP contribution in [0.4, 0.5) is 10.2 Å². The van der Waals surface area contributed by atoms with E-state index in [9.17, 15) is 4.39 Å². The monoisotopic (exact) mass is 250 g/mol. The van der Waals surface area contributed by atoms with E-state index >= 15 is 0 Å². The van der Waals surface area contributed by atoms with E-state index in [1.54, 1.807) is 6.07 Å². The Morgan fingerprint density at radius 2 is 2.00 bits per heavy atom. The molecule has 0 spiro atoms. The molecule has 0 unspecified atom stereocenters. The highest BCUT2D eigenvalue weighted by molar-refractivity contribution is 5.64. The molecule has 1 aromatic carbocycles. The molecule has 0 fully saturated rings. The number of rotatable bonds is 1. The third-order valence-electron chi connectivity index (χ3n) is 2.62. The summed E-state index contributed by atoms with van der Waals surface area (Å²) in [5.41, 5.74) is 5.98. The first-order valence-electron chi connectivity index (χ1n) is 5.56. The standard InChI is InChI=1S/C12H11FN2O3/c13-8-4-7(9-6-11(14)15-18-9)5-10-12(8)17-3-1-2-16-10/h4-6H,1-3H2,(H2,14,15). The molecule has 0 amide bonds. The summed E-state index contributed by atoms with van der Waals surface area (Å²) < 4.78 is 29.6. The first-order chi connectivity index (χ1) is 8.74. The van der Waals surface area contributed by atoms with Crippen molar-refractivity contribution in [3.63, 3.8) is 0 Å². The number of aromatic nitrogens is 1. The van der Waals surface area contributed by atoms with Crippen LogP contribution in [-0.4, -0.2) is 18.4 Å². The highest BCUT2D eigenvalue weighted by Crippen LogP contribution is 2.37. The zero-order chi connectivity index (χ0) is 12.5. The van der Waals surface area contributed by atoms with Crippen molar-refractivity contribution in [3.8, 4) is 22.8 Å². The Kier molecular flexibility index (Phi) is 2.55. The van der Waals surface area contributed by atoms with Crippen LogP contribution in [0.2, 0.25) is 0 Å². The quantitative estimate of drug-likeness (QED) is 0.840. The largest absolute Gasteiger partial charge is 0.489 e. The maximum Gasteiger partial charge on any atom is 0.197 e. The molecule has 5 nitrogen and oxygen atoms in total. The third kappa shape index (κ3) is 1.85. The number of halogens is 1. The van der Waals surface area contributed by atoms with Crippen molar-refractivity contribution in [2.45, 2.75) is 6.42 Å². The summed E-state index contributed by atoms with van der Waals surface area (Å²) in [6, 6.07) is 4.50. The number of anilines is 1. The molecule has 2 aromatic rings. The van der Waals surface area contributed by atoms with Crippen LogP contribution < -0.4 is 15.2 Å². The number of nitrogens with zero attached hydrogens (tertiary/aromatic N) is 1. The van der Waals surface area contributed by atoms with Crippen LogP contribution in [0.1, 0.15) is 6.42 Å². The highest BCUT2D eigenvalue weighted by atomic mass is 19.1. The molecule has 0 saturated carbocycles. The van der Waals surface area contributed by atoms with Crippen LogP contribution in [0.3, 0.4) is 0 Å². The summed E-state index contributed by atoms with van der Waals surface area (Å²) >= 11 is 0. The molecule has 1 aliphatic heterocycles. The van der Waals surface area contributed by atoms with Gasteiger partial charge in [-0.05, 0) is 12.1 Å². The highest BCUT2D eigenvalue weighted by Gasteiger charge is 2.18. The Morgan fingerprint density at radius 3 is 2.78 bits per heavy atom. The summed E-state index contributed by atoms with van der Waals surface area (Å²) in [6.45, 7) is 0.937. The normalized spacial score (nSPS) is 14.3. The SMILES string of the molecule is Nc1cc(-c2cc(F)c3c(c2)OCCCO3)on1. The number of benzene rings is 1. The minimum Gasteiger partial charge on any atom is -0.489 e. The fraction of sp³-hybridized carbons (Fsp3) is 0.250. The van der Waals surface area contributed by atoms with E-state index < -0.39 is 5.82 Å². The summed E-state index contributed by atoms with van der Waals surface area (Å²) in [7, 11) is 0. The predicted octanol–water partition coefficient (Wildman–Crippen LogP) is 2.22. The van der Waals surface area contributed by atoms with Crippen molar-refractivity contribution < 1.29 is 18.4 Å². The van der Waals surface area contributed by atoms with Crippen molar-refractivity contribution in [2.24, 2.45) is 0 Å². The average molecular weight is 250 g/mol. The van der Waals surface area contributed by atoms with Crippen LogP contribution in [0.25, 0.3) is 11.3 Å². The van der Waals surface area contributed by atoms with Gasteiger partial charge in [0.05, 0.1) is 13.2 Å². The minimum absolute atomic E-state index is 0.142. The predicted molar refractivity (Wildman–Crippen MR) is 61.9 cm³/mol. The number of ether oxygens (including phenoxy) is 2. The maximum atomic E-state index is 13.9. The van der Waals surface area contributed by atoms with E-state index in [1.807, 2.05) is 0 Å². The van der Waals surface area contributed by atoms with Crippen LogP contribution in [0, 0.1) is 5.82 Å². The van der Waals surface area contributed by atoms with Gasteiger partial charge in [0.2, 0.25) is 0 Å². The van der Waals surface area contributed by atoms with Crippen molar-refractivity contribution >= 4 is 5.82 Å². The second kappa shape index (κ2) is 4.21. The van der Waals surface area contributed by atoms with E-state index in [-0.39, 0.29) is 11.6 Å². The van der Waals surface area contributed by atoms with Gasteiger partial charge >= 0.3 is 0 Å². The Morgan fingerprint density at radius 1 is 1.17 bits per heavy atom. The topological polar surface area (TPSA) is 70.5 Å². The van der Waals surface area contributed by atoms with Crippen LogP contribution in [-0.2, 0) is 0 Å². The molecule has 3 rings (SSSR count). The Labute approximate surface area is 102 Å². The summed E-state index contributed by atoms with van der Waals surface area (Å²) in [4.78, 5) is 0. The molecule has 0 bridgehead atoms. The minimum atomic E-state index is -0.487. The fourth-order valence-corrected chi connectivity index (χ4v) is 1.80. The van der Waals surface area contributed by atoms with Crippen molar-refractivity contribution in [3.05, 3.63) is 24.0 Å². The van der Waals surface area contributed by atoms with Crippen molar-refractivity contribution in [1.29, 1.82) is 0 Å². The fourth-order valence-electron chi connectivity index (χ4n) is 1.80. The number of fused-ring (bicyclic) bond motifs is 1. The smallest absolute Gasteiger partial charge is 0.197 e. The number of hydrogen-bond donors (Lipinski definition) is 1. The molecule has 0 atom stereocenters. The number of nitrogen functional groups attached to an aromatic ring is 1. The van der Waals surface area contributed by atoms with Gasteiger partial charge in [-0.25, -0.2) is 4.39 Å². The molecule has 2 heterocycles. The number of hydrogen-bond acceptors (Lipinski definition) is 5. The first-order valence-corrected chi connectivity index (χ1v) is 5.56. The lowest BCUT2D eigenvalue weighted by molar-refractivity contribution is 0.292. The molecule has 18 heavy (non-hydrogen) atoms. The molecule has 1 aliphatic rings. The van der Waals surface area contributed by atoms with E-state index in [1.165, 1.54) is 12.1 Å². The Hall–Kier alpha value is -2.24. The molecular weight excluding hydrogens is 239 g/mol. The van der Waals surface area contributed by atoms with Gasteiger partial charge in [-0.1, -0.05) is 5.16 Å². The Bertz CT molecular complexity index is 583. The lowest BCUT2D eigenvalue weighted by Gasteiger charge is -2.09. The lowest BCUT2D eigenvalue weighted by Crippen LogP contribution is -1.98. The van der Waals surface area contributed by atoms with E-state index in [0.717, 1.165) is 6.42 Å². The zero-order valence-electron chi connectivity index (χ0n) is 9.48. The van der Waals surface area contributed by atoms with Gasteiger partial charge in [0.25, 0.3) is 0 Å². The molecule has 0 radical (unpaired) electrons. The first kappa shape index (κ1) is 10.9. The van der Waals surface area contributed by atoms with Gasteiger partial charge in [-0.2, -0.15) is 0 Å². The average Bonchev–Trinajstić information content (AvgIpc) is 2.63. The van der Waals surface area contributed by atoms with Gasteiger partial charge in [0.15, 0.2) is 28.9 Å². The molecule has 6 heteroatoms. The summed E-state index contributed by atoms with van der Waals surface area (Å²) in [6.07, 6.45) is 0.721. The van der Waals surface area contributed by atoms with Gasteiger partial charge in [-0.3, -0.25) is 0 Å². The maximum absolute atomic E-state index is 13.9. The van der Waals surface area contributed by atoms with Gasteiger partial charge in [0.1, 0.15) is 0 Å². The van der Waals surface area contributed by atoms with Gasteiger partial charge in [-0.15, -0.1) is 0 Å². The van der Waals surface area contributed by atoms with Gasteiger partial charge in [0, 0.05) is 18.1 Å². The van der Waals surface area contributed by atoms with E-state index in [2.05, 4.69) is 5.16 Å². The third-order valence-corrected chi connectivity index (χ3v) is 2.62. The molecule has 1 aromatic heterocycles. The van der Waals surface area contributed by atoms with Crippen LogP contribution in [0.15, 0.2) is 22.7 Å². The molecular formula is C12H11FN2O3. The lowest BCUT2D eigenvalue weighted by atomic mass is 10.1. The molecule has 2 N–H and O–H groups in total. The molecule has 0 aliphatic carbocycles. The number of nitrogens with two attached hydrogens (primary N) is 1. The van der Waals surface area contributed by atoms with Crippen LogP contribution in [0.5, 0.6) is 11.5 Å². The van der Waals surface area contributed by atoms with E-state index in [4.69, 9.17) is 19.7 Å². The Balaban J connectivity index is 2.07. The summed E-state index contributed by atoms with van der Waals surface area (Å²) in [5.74, 6) is 0.667. The molecule has 94 valence electrons. The summed E-state index contributed by atoms with van der Waals surface area (Å²) in [5, 5.41) is 3.56. The molecule has 0 saturated heterocycles. The second-order valence-electron chi connectivity index (χ2n) is 3.95. The van der Waals surface area contributed by atoms with E-state index in [0.29, 0.717) is 30.3 Å².